The van der Waals surface area contributed by atoms with E-state index >= 15 is 0 Å². The topological polar surface area (TPSA) is 54.4 Å². The van der Waals surface area contributed by atoms with Crippen molar-refractivity contribution < 1.29 is 19.1 Å². The van der Waals surface area contributed by atoms with Gasteiger partial charge in [-0.3, -0.25) is 0 Å². The molecule has 0 aromatic heterocycles. The Kier molecular flexibility index (Phi) is 3.59. The molecule has 0 rings (SSSR count). The Bertz CT molecular complexity index is 113. The molecule has 0 heterocycles. The van der Waals surface area contributed by atoms with Gasteiger partial charge in [-0.15, -0.1) is 0 Å². The van der Waals surface area contributed by atoms with Gasteiger partial charge in [-0.1, -0.05) is 0 Å². The first-order valence-corrected chi connectivity index (χ1v) is 2.49. The van der Waals surface area contributed by atoms with Crippen LogP contribution in [0.15, 0.2) is 0 Å². The van der Waals surface area contributed by atoms with E-state index in [4.69, 9.17) is 5.11 Å². The third-order valence-electron chi connectivity index (χ3n) is 0.806. The third-order valence-corrected chi connectivity index (χ3v) is 0.806. The number of hydrogen-bond donors (Lipinski definition) is 1. The number of hydrogen-bond acceptors (Lipinski definition) is 2. The summed E-state index contributed by atoms with van der Waals surface area (Å²) in [6.07, 6.45) is -1.66. The fourth-order valence-electron chi connectivity index (χ4n) is 0.338. The van der Waals surface area contributed by atoms with Gasteiger partial charge in [0.25, 0.3) is 0 Å². The second-order valence-corrected chi connectivity index (χ2v) is 1.55. The Hall–Kier alpha value is -0.930. The molecule has 0 saturated carbocycles. The molecule has 0 aromatic rings. The minimum absolute atomic E-state index is 0.0343. The van der Waals surface area contributed by atoms with Crippen molar-refractivity contribution in [1.29, 1.82) is 0 Å². The summed E-state index contributed by atoms with van der Waals surface area (Å²) in [7, 11) is 0. The fourth-order valence-corrected chi connectivity index (χ4v) is 0.338. The van der Waals surface area contributed by atoms with Crippen LogP contribution in [0.4, 0.5) is 4.39 Å². The summed E-state index contributed by atoms with van der Waals surface area (Å²) >= 11 is 0. The lowest BCUT2D eigenvalue weighted by Crippen LogP contribution is -2.13. The van der Waals surface area contributed by atoms with Gasteiger partial charge in [-0.05, 0) is 6.42 Å². The van der Waals surface area contributed by atoms with Crippen molar-refractivity contribution in [2.45, 2.75) is 19.0 Å². The number of rotatable bonds is 4. The molecule has 3 nitrogen and oxygen atoms in total. The SMILES string of the molecule is O=CCCC(F)C(=O)O. The van der Waals surface area contributed by atoms with E-state index in [0.29, 0.717) is 6.29 Å². The van der Waals surface area contributed by atoms with E-state index in [9.17, 15) is 14.0 Å². The average Bonchev–Trinajstić information content (AvgIpc) is 1.82. The van der Waals surface area contributed by atoms with Crippen LogP contribution in [0.1, 0.15) is 12.8 Å². The molecule has 1 N–H and O–H groups in total. The van der Waals surface area contributed by atoms with Crippen LogP contribution in [0.25, 0.3) is 0 Å². The van der Waals surface area contributed by atoms with E-state index in [-0.39, 0.29) is 12.8 Å². The molecule has 9 heavy (non-hydrogen) atoms. The normalized spacial score (nSPS) is 12.6. The highest BCUT2D eigenvalue weighted by Crippen LogP contribution is 1.99. The second kappa shape index (κ2) is 4.00. The summed E-state index contributed by atoms with van der Waals surface area (Å²) < 4.78 is 12.0. The van der Waals surface area contributed by atoms with Crippen molar-refractivity contribution in [3.8, 4) is 0 Å². The van der Waals surface area contributed by atoms with E-state index in [2.05, 4.69) is 0 Å². The highest BCUT2D eigenvalue weighted by atomic mass is 19.1. The average molecular weight is 134 g/mol. The first kappa shape index (κ1) is 8.07. The molecule has 0 aromatic carbocycles. The van der Waals surface area contributed by atoms with Crippen LogP contribution in [-0.2, 0) is 9.59 Å². The minimum Gasteiger partial charge on any atom is -0.479 e. The van der Waals surface area contributed by atoms with Gasteiger partial charge in [0.1, 0.15) is 6.29 Å². The molecule has 0 amide bonds. The maximum atomic E-state index is 12.0. The van der Waals surface area contributed by atoms with E-state index in [1.807, 2.05) is 0 Å². The van der Waals surface area contributed by atoms with Crippen molar-refractivity contribution in [2.24, 2.45) is 0 Å². The lowest BCUT2D eigenvalue weighted by molar-refractivity contribution is -0.143. The summed E-state index contributed by atoms with van der Waals surface area (Å²) in [5.74, 6) is -1.50. The number of aliphatic carboxylic acids is 1. The van der Waals surface area contributed by atoms with Crippen LogP contribution in [0.5, 0.6) is 0 Å². The van der Waals surface area contributed by atoms with E-state index < -0.39 is 12.1 Å². The molecular weight excluding hydrogens is 127 g/mol. The molecule has 0 fully saturated rings. The number of carbonyl (C=O) groups is 2. The minimum atomic E-state index is -1.89. The molecule has 0 bridgehead atoms. The Morgan fingerprint density at radius 1 is 1.78 bits per heavy atom. The number of alkyl halides is 1. The monoisotopic (exact) mass is 134 g/mol. The Labute approximate surface area is 51.5 Å². The summed E-state index contributed by atoms with van der Waals surface area (Å²) in [4.78, 5) is 19.3. The van der Waals surface area contributed by atoms with Crippen LogP contribution in [-0.4, -0.2) is 23.5 Å². The van der Waals surface area contributed by atoms with Crippen molar-refractivity contribution >= 4 is 12.3 Å². The molecule has 0 aliphatic carbocycles. The quantitative estimate of drug-likeness (QED) is 0.566. The predicted molar refractivity (Wildman–Crippen MR) is 27.8 cm³/mol. The fraction of sp³-hybridized carbons (Fsp3) is 0.600. The second-order valence-electron chi connectivity index (χ2n) is 1.55. The molecule has 1 atom stereocenters. The third kappa shape index (κ3) is 3.64. The zero-order chi connectivity index (χ0) is 7.28. The maximum absolute atomic E-state index is 12.0. The number of carboxylic acids is 1. The lowest BCUT2D eigenvalue weighted by Gasteiger charge is -1.95. The molecule has 52 valence electrons. The maximum Gasteiger partial charge on any atom is 0.338 e. The largest absolute Gasteiger partial charge is 0.479 e. The van der Waals surface area contributed by atoms with Gasteiger partial charge >= 0.3 is 5.97 Å². The lowest BCUT2D eigenvalue weighted by atomic mass is 10.2. The number of carbonyl (C=O) groups excluding carboxylic acids is 1. The number of aldehydes is 1. The molecule has 0 aliphatic rings. The van der Waals surface area contributed by atoms with Crippen molar-refractivity contribution in [3.05, 3.63) is 0 Å². The van der Waals surface area contributed by atoms with Gasteiger partial charge in [-0.25, -0.2) is 9.18 Å². The molecule has 0 aliphatic heterocycles. The van der Waals surface area contributed by atoms with Gasteiger partial charge in [-0.2, -0.15) is 0 Å². The highest BCUT2D eigenvalue weighted by molar-refractivity contribution is 5.72. The van der Waals surface area contributed by atoms with Crippen molar-refractivity contribution in [1.82, 2.24) is 0 Å². The Morgan fingerprint density at radius 3 is 2.67 bits per heavy atom. The smallest absolute Gasteiger partial charge is 0.338 e. The first-order valence-electron chi connectivity index (χ1n) is 2.49. The van der Waals surface area contributed by atoms with Crippen LogP contribution < -0.4 is 0 Å². The zero-order valence-corrected chi connectivity index (χ0v) is 4.71. The zero-order valence-electron chi connectivity index (χ0n) is 4.71. The number of halogens is 1. The van der Waals surface area contributed by atoms with Gasteiger partial charge in [0.2, 0.25) is 0 Å². The van der Waals surface area contributed by atoms with Gasteiger partial charge in [0.15, 0.2) is 6.17 Å². The molecule has 0 radical (unpaired) electrons. The molecule has 4 heteroatoms. The Balaban J connectivity index is 3.37. The van der Waals surface area contributed by atoms with Crippen molar-refractivity contribution in [2.75, 3.05) is 0 Å². The standard InChI is InChI=1S/C5H7FO3/c6-4(5(8)9)2-1-3-7/h3-4H,1-2H2,(H,8,9). The number of carboxylic acid groups (broad SMARTS) is 1. The summed E-state index contributed by atoms with van der Waals surface area (Å²) in [6.45, 7) is 0. The van der Waals surface area contributed by atoms with Crippen molar-refractivity contribution in [3.63, 3.8) is 0 Å². The van der Waals surface area contributed by atoms with E-state index in [1.165, 1.54) is 0 Å². The van der Waals surface area contributed by atoms with Gasteiger partial charge in [0, 0.05) is 6.42 Å². The van der Waals surface area contributed by atoms with Crippen LogP contribution >= 0.6 is 0 Å². The predicted octanol–water partition coefficient (Wildman–Crippen LogP) is 0.388. The summed E-state index contributed by atoms with van der Waals surface area (Å²) in [5.41, 5.74) is 0. The first-order chi connectivity index (χ1) is 4.18. The molecule has 0 saturated heterocycles. The van der Waals surface area contributed by atoms with Gasteiger partial charge < -0.3 is 9.90 Å². The highest BCUT2D eigenvalue weighted by Gasteiger charge is 2.13. The van der Waals surface area contributed by atoms with Crippen LogP contribution in [0.2, 0.25) is 0 Å². The molecule has 1 unspecified atom stereocenters. The van der Waals surface area contributed by atoms with E-state index in [1.54, 1.807) is 0 Å². The summed E-state index contributed by atoms with van der Waals surface area (Å²) in [5, 5.41) is 7.92. The molecular formula is C5H7FO3. The molecule has 0 spiro atoms. The van der Waals surface area contributed by atoms with Crippen LogP contribution in [0.3, 0.4) is 0 Å². The van der Waals surface area contributed by atoms with E-state index in [0.717, 1.165) is 0 Å². The van der Waals surface area contributed by atoms with Crippen LogP contribution in [0, 0.1) is 0 Å². The summed E-state index contributed by atoms with van der Waals surface area (Å²) in [6, 6.07) is 0. The Morgan fingerprint density at radius 2 is 2.33 bits per heavy atom. The van der Waals surface area contributed by atoms with Gasteiger partial charge in [0.05, 0.1) is 0 Å².